The van der Waals surface area contributed by atoms with Crippen LogP contribution < -0.4 is 0 Å². The van der Waals surface area contributed by atoms with Crippen molar-refractivity contribution in [1.29, 1.82) is 0 Å². The Morgan fingerprint density at radius 1 is 1.00 bits per heavy atom. The molecule has 0 heterocycles. The van der Waals surface area contributed by atoms with Crippen LogP contribution in [0.5, 0.6) is 0 Å². The lowest BCUT2D eigenvalue weighted by atomic mass is 9.67. The summed E-state index contributed by atoms with van der Waals surface area (Å²) in [6.07, 6.45) is 13.7. The minimum absolute atomic E-state index is 0.475. The molecule has 0 N–H and O–H groups in total. The van der Waals surface area contributed by atoms with E-state index in [1.165, 1.54) is 25.7 Å². The highest BCUT2D eigenvalue weighted by Gasteiger charge is 2.31. The zero-order valence-corrected chi connectivity index (χ0v) is 9.17. The molecular formula is C14H22. The molecule has 0 bridgehead atoms. The van der Waals surface area contributed by atoms with Crippen molar-refractivity contribution in [1.82, 2.24) is 0 Å². The predicted octanol–water partition coefficient (Wildman–Crippen LogP) is 4.50. The van der Waals surface area contributed by atoms with Gasteiger partial charge in [0.2, 0.25) is 0 Å². The molecule has 0 amide bonds. The molecular weight excluding hydrogens is 168 g/mol. The molecule has 0 aromatic rings. The van der Waals surface area contributed by atoms with Crippen molar-refractivity contribution in [2.75, 3.05) is 0 Å². The van der Waals surface area contributed by atoms with Gasteiger partial charge in [-0.25, -0.2) is 0 Å². The quantitative estimate of drug-likeness (QED) is 0.560. The lowest BCUT2D eigenvalue weighted by molar-refractivity contribution is 0.171. The second kappa shape index (κ2) is 5.19. The van der Waals surface area contributed by atoms with Crippen LogP contribution in [-0.2, 0) is 0 Å². The first-order valence-corrected chi connectivity index (χ1v) is 5.61. The molecule has 1 rings (SSSR count). The summed E-state index contributed by atoms with van der Waals surface area (Å²) in [5.41, 5.74) is 0.475. The first kappa shape index (κ1) is 11.3. The van der Waals surface area contributed by atoms with E-state index < -0.39 is 0 Å². The van der Waals surface area contributed by atoms with Crippen LogP contribution in [0.4, 0.5) is 0 Å². The van der Waals surface area contributed by atoms with Gasteiger partial charge in [-0.1, -0.05) is 18.2 Å². The highest BCUT2D eigenvalue weighted by Crippen LogP contribution is 2.44. The van der Waals surface area contributed by atoms with E-state index in [4.69, 9.17) is 0 Å². The fourth-order valence-electron chi connectivity index (χ4n) is 2.59. The van der Waals surface area contributed by atoms with Crippen molar-refractivity contribution < 1.29 is 0 Å². The summed E-state index contributed by atoms with van der Waals surface area (Å²) in [4.78, 5) is 0. The van der Waals surface area contributed by atoms with E-state index >= 15 is 0 Å². The van der Waals surface area contributed by atoms with Gasteiger partial charge >= 0.3 is 0 Å². The molecule has 1 aliphatic rings. The van der Waals surface area contributed by atoms with E-state index in [2.05, 4.69) is 38.0 Å². The normalized spacial score (nSPS) is 21.4. The largest absolute Gasteiger partial charge is 0.103 e. The highest BCUT2D eigenvalue weighted by atomic mass is 14.4. The molecule has 0 saturated heterocycles. The molecule has 0 atom stereocenters. The smallest absolute Gasteiger partial charge is 0.0228 e. The Morgan fingerprint density at radius 3 is 1.86 bits per heavy atom. The van der Waals surface area contributed by atoms with E-state index in [1.807, 2.05) is 0 Å². The van der Waals surface area contributed by atoms with Crippen LogP contribution in [0.1, 0.15) is 38.5 Å². The van der Waals surface area contributed by atoms with Gasteiger partial charge in [-0.2, -0.15) is 0 Å². The van der Waals surface area contributed by atoms with Gasteiger partial charge in [0.15, 0.2) is 0 Å². The number of allylic oxidation sites excluding steroid dienone is 3. The van der Waals surface area contributed by atoms with Crippen LogP contribution in [-0.4, -0.2) is 0 Å². The van der Waals surface area contributed by atoms with Gasteiger partial charge in [0.05, 0.1) is 0 Å². The molecule has 1 fully saturated rings. The van der Waals surface area contributed by atoms with E-state index in [1.54, 1.807) is 0 Å². The second-order valence-electron chi connectivity index (χ2n) is 4.56. The minimum atomic E-state index is 0.475. The SMILES string of the molecule is C=CCC1(CC=C)CCC(C=C)CC1. The first-order chi connectivity index (χ1) is 6.76. The summed E-state index contributed by atoms with van der Waals surface area (Å²) in [5.74, 6) is 0.748. The Hall–Kier alpha value is -0.780. The zero-order chi connectivity index (χ0) is 10.4. The molecule has 0 spiro atoms. The third-order valence-corrected chi connectivity index (χ3v) is 3.58. The topological polar surface area (TPSA) is 0 Å². The van der Waals surface area contributed by atoms with Gasteiger partial charge in [0.1, 0.15) is 0 Å². The Morgan fingerprint density at radius 2 is 1.50 bits per heavy atom. The Balaban J connectivity index is 2.57. The van der Waals surface area contributed by atoms with Crippen molar-refractivity contribution in [2.45, 2.75) is 38.5 Å². The molecule has 0 heteroatoms. The van der Waals surface area contributed by atoms with Crippen molar-refractivity contribution in [3.05, 3.63) is 38.0 Å². The molecule has 78 valence electrons. The fraction of sp³-hybridized carbons (Fsp3) is 0.571. The zero-order valence-electron chi connectivity index (χ0n) is 9.17. The third kappa shape index (κ3) is 2.60. The van der Waals surface area contributed by atoms with Gasteiger partial charge in [-0.3, -0.25) is 0 Å². The van der Waals surface area contributed by atoms with Crippen LogP contribution in [0.15, 0.2) is 38.0 Å². The Labute approximate surface area is 88.4 Å². The van der Waals surface area contributed by atoms with Crippen molar-refractivity contribution in [3.8, 4) is 0 Å². The molecule has 1 aliphatic carbocycles. The van der Waals surface area contributed by atoms with Crippen LogP contribution >= 0.6 is 0 Å². The van der Waals surface area contributed by atoms with Gasteiger partial charge in [0.25, 0.3) is 0 Å². The summed E-state index contributed by atoms with van der Waals surface area (Å²) in [7, 11) is 0. The van der Waals surface area contributed by atoms with E-state index in [0.29, 0.717) is 5.41 Å². The van der Waals surface area contributed by atoms with E-state index in [0.717, 1.165) is 18.8 Å². The standard InChI is InChI=1S/C14H22/c1-4-9-14(10-5-2)11-7-13(6-3)8-12-14/h4-6,13H,1-3,7-12H2. The van der Waals surface area contributed by atoms with Gasteiger partial charge in [-0.15, -0.1) is 19.7 Å². The molecule has 14 heavy (non-hydrogen) atoms. The average molecular weight is 190 g/mol. The van der Waals surface area contributed by atoms with Crippen molar-refractivity contribution >= 4 is 0 Å². The lowest BCUT2D eigenvalue weighted by Crippen LogP contribution is -2.26. The molecule has 0 aromatic carbocycles. The fourth-order valence-corrected chi connectivity index (χ4v) is 2.59. The summed E-state index contributed by atoms with van der Waals surface area (Å²) >= 11 is 0. The number of hydrogen-bond acceptors (Lipinski definition) is 0. The van der Waals surface area contributed by atoms with Crippen LogP contribution in [0.2, 0.25) is 0 Å². The predicted molar refractivity (Wildman–Crippen MR) is 64.2 cm³/mol. The maximum atomic E-state index is 3.88. The summed E-state index contributed by atoms with van der Waals surface area (Å²) < 4.78 is 0. The molecule has 0 nitrogen and oxygen atoms in total. The second-order valence-corrected chi connectivity index (χ2v) is 4.56. The minimum Gasteiger partial charge on any atom is -0.103 e. The maximum absolute atomic E-state index is 3.88. The summed E-state index contributed by atoms with van der Waals surface area (Å²) in [6, 6.07) is 0. The first-order valence-electron chi connectivity index (χ1n) is 5.61. The monoisotopic (exact) mass is 190 g/mol. The molecule has 1 saturated carbocycles. The van der Waals surface area contributed by atoms with Crippen LogP contribution in [0.3, 0.4) is 0 Å². The molecule has 0 aromatic heterocycles. The molecule has 0 aliphatic heterocycles. The van der Waals surface area contributed by atoms with Crippen molar-refractivity contribution in [2.24, 2.45) is 11.3 Å². The van der Waals surface area contributed by atoms with E-state index in [-0.39, 0.29) is 0 Å². The number of hydrogen-bond donors (Lipinski definition) is 0. The third-order valence-electron chi connectivity index (χ3n) is 3.58. The van der Waals surface area contributed by atoms with Crippen molar-refractivity contribution in [3.63, 3.8) is 0 Å². The lowest BCUT2D eigenvalue weighted by Gasteiger charge is -2.38. The highest BCUT2D eigenvalue weighted by molar-refractivity contribution is 4.97. The van der Waals surface area contributed by atoms with Gasteiger partial charge < -0.3 is 0 Å². The molecule has 0 radical (unpaired) electrons. The van der Waals surface area contributed by atoms with E-state index in [9.17, 15) is 0 Å². The molecule has 0 unspecified atom stereocenters. The van der Waals surface area contributed by atoms with Gasteiger partial charge in [0, 0.05) is 0 Å². The Bertz CT molecular complexity index is 192. The average Bonchev–Trinajstić information content (AvgIpc) is 2.20. The number of rotatable bonds is 5. The van der Waals surface area contributed by atoms with Gasteiger partial charge in [-0.05, 0) is 49.9 Å². The maximum Gasteiger partial charge on any atom is -0.0228 e. The van der Waals surface area contributed by atoms with Crippen LogP contribution in [0, 0.1) is 11.3 Å². The van der Waals surface area contributed by atoms with Crippen LogP contribution in [0.25, 0.3) is 0 Å². The summed E-state index contributed by atoms with van der Waals surface area (Å²) in [6.45, 7) is 11.6. The summed E-state index contributed by atoms with van der Waals surface area (Å²) in [5, 5.41) is 0. The Kier molecular flexibility index (Phi) is 4.19.